The lowest BCUT2D eigenvalue weighted by Crippen LogP contribution is -2.42. The maximum absolute atomic E-state index is 12.1. The number of nitrogens with zero attached hydrogens (tertiary/aromatic N) is 1. The standard InChI is InChI=1S/C13H19NO5S/c1-11(2)14(10-13(15)16)20(17,18)9-8-19-12-6-4-3-5-7-12/h3-7,11H,8-10H2,1-2H3,(H,15,16). The molecule has 112 valence electrons. The molecule has 0 atom stereocenters. The van der Waals surface area contributed by atoms with Crippen LogP contribution < -0.4 is 4.74 Å². The molecular formula is C13H19NO5S. The van der Waals surface area contributed by atoms with Gasteiger partial charge in [-0.05, 0) is 26.0 Å². The lowest BCUT2D eigenvalue weighted by Gasteiger charge is -2.24. The van der Waals surface area contributed by atoms with E-state index in [4.69, 9.17) is 9.84 Å². The molecule has 1 aromatic rings. The van der Waals surface area contributed by atoms with Gasteiger partial charge in [0.25, 0.3) is 0 Å². The lowest BCUT2D eigenvalue weighted by atomic mass is 10.3. The SMILES string of the molecule is CC(C)N(CC(=O)O)S(=O)(=O)CCOc1ccccc1. The summed E-state index contributed by atoms with van der Waals surface area (Å²) in [5, 5.41) is 8.76. The molecule has 0 heterocycles. The van der Waals surface area contributed by atoms with Gasteiger partial charge in [-0.2, -0.15) is 4.31 Å². The molecule has 0 aliphatic heterocycles. The Bertz CT molecular complexity index is 527. The largest absolute Gasteiger partial charge is 0.492 e. The lowest BCUT2D eigenvalue weighted by molar-refractivity contribution is -0.137. The van der Waals surface area contributed by atoms with Crippen molar-refractivity contribution < 1.29 is 23.1 Å². The molecule has 0 amide bonds. The molecule has 0 radical (unpaired) electrons. The smallest absolute Gasteiger partial charge is 0.318 e. The minimum absolute atomic E-state index is 0.0187. The number of carboxylic acids is 1. The van der Waals surface area contributed by atoms with Gasteiger partial charge in [-0.15, -0.1) is 0 Å². The molecule has 1 N–H and O–H groups in total. The van der Waals surface area contributed by atoms with E-state index in [2.05, 4.69) is 0 Å². The van der Waals surface area contributed by atoms with Crippen LogP contribution in [0.5, 0.6) is 5.75 Å². The van der Waals surface area contributed by atoms with Gasteiger partial charge in [0, 0.05) is 6.04 Å². The van der Waals surface area contributed by atoms with E-state index < -0.39 is 28.6 Å². The van der Waals surface area contributed by atoms with Crippen molar-refractivity contribution in [2.24, 2.45) is 0 Å². The van der Waals surface area contributed by atoms with Crippen molar-refractivity contribution in [3.8, 4) is 5.75 Å². The first kappa shape index (κ1) is 16.5. The van der Waals surface area contributed by atoms with Gasteiger partial charge < -0.3 is 9.84 Å². The number of ether oxygens (including phenoxy) is 1. The molecule has 0 spiro atoms. The summed E-state index contributed by atoms with van der Waals surface area (Å²) in [6, 6.07) is 8.45. The van der Waals surface area contributed by atoms with Gasteiger partial charge in [0.05, 0.1) is 5.75 Å². The zero-order valence-electron chi connectivity index (χ0n) is 11.5. The van der Waals surface area contributed by atoms with Crippen LogP contribution in [0.25, 0.3) is 0 Å². The number of carbonyl (C=O) groups is 1. The van der Waals surface area contributed by atoms with Crippen LogP contribution in [0, 0.1) is 0 Å². The molecule has 0 bridgehead atoms. The monoisotopic (exact) mass is 301 g/mol. The van der Waals surface area contributed by atoms with E-state index in [9.17, 15) is 13.2 Å². The van der Waals surface area contributed by atoms with Crippen LogP contribution >= 0.6 is 0 Å². The molecule has 0 fully saturated rings. The van der Waals surface area contributed by atoms with E-state index >= 15 is 0 Å². The van der Waals surface area contributed by atoms with Gasteiger partial charge in [0.15, 0.2) is 0 Å². The first-order valence-corrected chi connectivity index (χ1v) is 7.83. The van der Waals surface area contributed by atoms with Crippen LogP contribution in [0.4, 0.5) is 0 Å². The van der Waals surface area contributed by atoms with Gasteiger partial charge in [-0.25, -0.2) is 8.42 Å². The Hall–Kier alpha value is -1.60. The van der Waals surface area contributed by atoms with Gasteiger partial charge in [0.2, 0.25) is 10.0 Å². The average molecular weight is 301 g/mol. The summed E-state index contributed by atoms with van der Waals surface area (Å²) in [4.78, 5) is 10.7. The van der Waals surface area contributed by atoms with Crippen molar-refractivity contribution in [2.45, 2.75) is 19.9 Å². The molecule has 7 heteroatoms. The number of aliphatic carboxylic acids is 1. The van der Waals surface area contributed by atoms with Crippen molar-refractivity contribution in [3.63, 3.8) is 0 Å². The van der Waals surface area contributed by atoms with Crippen molar-refractivity contribution >= 4 is 16.0 Å². The third kappa shape index (κ3) is 5.18. The van der Waals surface area contributed by atoms with Crippen molar-refractivity contribution in [2.75, 3.05) is 18.9 Å². The van der Waals surface area contributed by atoms with Crippen molar-refractivity contribution in [1.29, 1.82) is 0 Å². The Balaban J connectivity index is 2.61. The molecular weight excluding hydrogens is 282 g/mol. The van der Waals surface area contributed by atoms with Gasteiger partial charge >= 0.3 is 5.97 Å². The first-order valence-electron chi connectivity index (χ1n) is 6.22. The van der Waals surface area contributed by atoms with Crippen LogP contribution in [-0.2, 0) is 14.8 Å². The second-order valence-corrected chi connectivity index (χ2v) is 6.55. The molecule has 0 saturated heterocycles. The van der Waals surface area contributed by atoms with E-state index in [1.165, 1.54) is 0 Å². The molecule has 6 nitrogen and oxygen atoms in total. The molecule has 20 heavy (non-hydrogen) atoms. The Labute approximate surface area is 119 Å². The van der Waals surface area contributed by atoms with Gasteiger partial charge in [-0.3, -0.25) is 4.79 Å². The van der Waals surface area contributed by atoms with Crippen LogP contribution in [0.3, 0.4) is 0 Å². The van der Waals surface area contributed by atoms with Crippen molar-refractivity contribution in [3.05, 3.63) is 30.3 Å². The maximum atomic E-state index is 12.1. The Morgan fingerprint density at radius 2 is 1.90 bits per heavy atom. The highest BCUT2D eigenvalue weighted by atomic mass is 32.2. The van der Waals surface area contributed by atoms with Crippen molar-refractivity contribution in [1.82, 2.24) is 4.31 Å². The maximum Gasteiger partial charge on any atom is 0.318 e. The van der Waals surface area contributed by atoms with Crippen LogP contribution in [0.1, 0.15) is 13.8 Å². The Morgan fingerprint density at radius 1 is 1.30 bits per heavy atom. The number of hydrogen-bond donors (Lipinski definition) is 1. The normalized spacial score (nSPS) is 11.8. The molecule has 0 saturated carbocycles. The minimum Gasteiger partial charge on any atom is -0.492 e. The number of sulfonamides is 1. The second-order valence-electron chi connectivity index (χ2n) is 4.51. The quantitative estimate of drug-likeness (QED) is 0.779. The highest BCUT2D eigenvalue weighted by molar-refractivity contribution is 7.89. The number of para-hydroxylation sites is 1. The zero-order valence-corrected chi connectivity index (χ0v) is 12.3. The van der Waals surface area contributed by atoms with Crippen LogP contribution in [0.15, 0.2) is 30.3 Å². The van der Waals surface area contributed by atoms with E-state index in [1.807, 2.05) is 6.07 Å². The second kappa shape index (κ2) is 7.25. The molecule has 0 aliphatic rings. The molecule has 0 aliphatic carbocycles. The molecule has 0 aromatic heterocycles. The number of benzene rings is 1. The fourth-order valence-electron chi connectivity index (χ4n) is 1.63. The number of carboxylic acid groups (broad SMARTS) is 1. The van der Waals surface area contributed by atoms with Gasteiger partial charge in [-0.1, -0.05) is 18.2 Å². The Kier molecular flexibility index (Phi) is 5.97. The van der Waals surface area contributed by atoms with E-state index in [0.717, 1.165) is 4.31 Å². The van der Waals surface area contributed by atoms with Crippen LogP contribution in [0.2, 0.25) is 0 Å². The third-order valence-electron chi connectivity index (χ3n) is 2.58. The fourth-order valence-corrected chi connectivity index (χ4v) is 3.11. The summed E-state index contributed by atoms with van der Waals surface area (Å²) in [5.41, 5.74) is 0. The van der Waals surface area contributed by atoms with Crippen LogP contribution in [-0.4, -0.2) is 48.7 Å². The topological polar surface area (TPSA) is 83.9 Å². The highest BCUT2D eigenvalue weighted by Gasteiger charge is 2.26. The van der Waals surface area contributed by atoms with Gasteiger partial charge in [0.1, 0.15) is 18.9 Å². The summed E-state index contributed by atoms with van der Waals surface area (Å²) >= 11 is 0. The number of rotatable bonds is 8. The zero-order chi connectivity index (χ0) is 15.2. The summed E-state index contributed by atoms with van der Waals surface area (Å²) in [7, 11) is -3.66. The fraction of sp³-hybridized carbons (Fsp3) is 0.462. The summed E-state index contributed by atoms with van der Waals surface area (Å²) in [6.45, 7) is 2.72. The third-order valence-corrected chi connectivity index (χ3v) is 4.53. The van der Waals surface area contributed by atoms with E-state index in [-0.39, 0.29) is 12.4 Å². The number of hydrogen-bond acceptors (Lipinski definition) is 4. The Morgan fingerprint density at radius 3 is 2.40 bits per heavy atom. The predicted octanol–water partition coefficient (Wildman–Crippen LogP) is 1.19. The highest BCUT2D eigenvalue weighted by Crippen LogP contribution is 2.11. The first-order chi connectivity index (χ1) is 9.33. The molecule has 1 aromatic carbocycles. The molecule has 0 unspecified atom stereocenters. The minimum atomic E-state index is -3.66. The van der Waals surface area contributed by atoms with E-state index in [1.54, 1.807) is 38.1 Å². The summed E-state index contributed by atoms with van der Waals surface area (Å²) in [6.07, 6.45) is 0. The average Bonchev–Trinajstić information content (AvgIpc) is 2.36. The summed E-state index contributed by atoms with van der Waals surface area (Å²) in [5.74, 6) is -0.851. The van der Waals surface area contributed by atoms with E-state index in [0.29, 0.717) is 5.75 Å². The predicted molar refractivity (Wildman–Crippen MR) is 75.2 cm³/mol. The summed E-state index contributed by atoms with van der Waals surface area (Å²) < 4.78 is 30.4. The molecule has 1 rings (SSSR count).